The average molecular weight is 394 g/mol. The number of fused-ring (bicyclic) bond motifs is 1. The maximum absolute atomic E-state index is 13.0. The average Bonchev–Trinajstić information content (AvgIpc) is 2.98. The second-order valence-electron chi connectivity index (χ2n) is 5.40. The number of benzene rings is 2. The summed E-state index contributed by atoms with van der Waals surface area (Å²) < 4.78 is 33.3. The lowest BCUT2D eigenvalue weighted by molar-refractivity contribution is 0.412. The second-order valence-corrected chi connectivity index (χ2v) is 8.01. The molecule has 3 aromatic rings. The molecule has 120 valence electrons. The lowest BCUT2D eigenvalue weighted by Crippen LogP contribution is -2.12. The predicted molar refractivity (Wildman–Crippen MR) is 94.7 cm³/mol. The summed E-state index contributed by atoms with van der Waals surface area (Å²) in [6.45, 7) is 3.80. The van der Waals surface area contributed by atoms with Gasteiger partial charge in [-0.3, -0.25) is 0 Å². The van der Waals surface area contributed by atoms with Gasteiger partial charge in [0.1, 0.15) is 5.75 Å². The predicted octanol–water partition coefficient (Wildman–Crippen LogP) is 4.27. The van der Waals surface area contributed by atoms with Crippen LogP contribution in [0.25, 0.3) is 10.9 Å². The van der Waals surface area contributed by atoms with E-state index in [-0.39, 0.29) is 4.90 Å². The molecular formula is C17H16BrNO3S. The molecule has 0 unspecified atom stereocenters. The van der Waals surface area contributed by atoms with Gasteiger partial charge in [-0.15, -0.1) is 0 Å². The molecule has 1 heterocycles. The molecule has 0 atom stereocenters. The van der Waals surface area contributed by atoms with E-state index >= 15 is 0 Å². The SMILES string of the molecule is COc1cc(C)c2c(ccn2S(=O)(=O)c2ccc(C)cc2)c1Br. The van der Waals surface area contributed by atoms with Gasteiger partial charge in [0, 0.05) is 11.6 Å². The molecule has 0 fully saturated rings. The van der Waals surface area contributed by atoms with E-state index in [1.165, 1.54) is 3.97 Å². The van der Waals surface area contributed by atoms with E-state index in [1.54, 1.807) is 43.6 Å². The molecule has 0 aliphatic rings. The fraction of sp³-hybridized carbons (Fsp3) is 0.176. The van der Waals surface area contributed by atoms with E-state index in [9.17, 15) is 8.42 Å². The van der Waals surface area contributed by atoms with Gasteiger partial charge in [-0.25, -0.2) is 12.4 Å². The number of hydrogen-bond acceptors (Lipinski definition) is 3. The monoisotopic (exact) mass is 393 g/mol. The Morgan fingerprint density at radius 2 is 1.74 bits per heavy atom. The van der Waals surface area contributed by atoms with Crippen molar-refractivity contribution in [2.75, 3.05) is 7.11 Å². The number of aromatic nitrogens is 1. The largest absolute Gasteiger partial charge is 0.496 e. The lowest BCUT2D eigenvalue weighted by atomic mass is 10.1. The van der Waals surface area contributed by atoms with Crippen LogP contribution in [-0.4, -0.2) is 19.5 Å². The summed E-state index contributed by atoms with van der Waals surface area (Å²) in [6.07, 6.45) is 1.58. The molecule has 3 rings (SSSR count). The van der Waals surface area contributed by atoms with Crippen molar-refractivity contribution in [2.45, 2.75) is 18.7 Å². The molecule has 0 N–H and O–H groups in total. The molecule has 1 aromatic heterocycles. The van der Waals surface area contributed by atoms with E-state index in [2.05, 4.69) is 15.9 Å². The third kappa shape index (κ3) is 2.56. The number of aryl methyl sites for hydroxylation is 2. The van der Waals surface area contributed by atoms with Gasteiger partial charge in [-0.1, -0.05) is 17.7 Å². The Morgan fingerprint density at radius 3 is 2.35 bits per heavy atom. The molecule has 0 amide bonds. The van der Waals surface area contributed by atoms with Crippen LogP contribution >= 0.6 is 15.9 Å². The first-order valence-corrected chi connectivity index (χ1v) is 9.26. The molecule has 0 radical (unpaired) electrons. The molecular weight excluding hydrogens is 378 g/mol. The van der Waals surface area contributed by atoms with Gasteiger partial charge in [-0.05, 0) is 59.6 Å². The van der Waals surface area contributed by atoms with E-state index in [4.69, 9.17) is 4.74 Å². The van der Waals surface area contributed by atoms with Gasteiger partial charge >= 0.3 is 0 Å². The standard InChI is InChI=1S/C17H16BrNO3S/c1-11-4-6-13(7-5-11)23(20,21)19-9-8-14-16(18)15(22-3)10-12(2)17(14)19/h4-10H,1-3H3. The Labute approximate surface area is 143 Å². The molecule has 2 aromatic carbocycles. The Hall–Kier alpha value is -1.79. The first kappa shape index (κ1) is 16.1. The van der Waals surface area contributed by atoms with Crippen LogP contribution in [-0.2, 0) is 10.0 Å². The van der Waals surface area contributed by atoms with Crippen LogP contribution in [0.5, 0.6) is 5.75 Å². The third-order valence-electron chi connectivity index (χ3n) is 3.82. The highest BCUT2D eigenvalue weighted by molar-refractivity contribution is 9.10. The third-order valence-corrected chi connectivity index (χ3v) is 6.33. The van der Waals surface area contributed by atoms with Crippen LogP contribution in [0.3, 0.4) is 0 Å². The van der Waals surface area contributed by atoms with E-state index < -0.39 is 10.0 Å². The zero-order valence-electron chi connectivity index (χ0n) is 13.0. The number of rotatable bonds is 3. The molecule has 23 heavy (non-hydrogen) atoms. The first-order valence-electron chi connectivity index (χ1n) is 7.02. The second kappa shape index (κ2) is 5.69. The minimum Gasteiger partial charge on any atom is -0.496 e. The van der Waals surface area contributed by atoms with Gasteiger partial charge in [0.2, 0.25) is 0 Å². The van der Waals surface area contributed by atoms with Crippen LogP contribution in [0.15, 0.2) is 52.0 Å². The van der Waals surface area contributed by atoms with Crippen molar-refractivity contribution in [3.63, 3.8) is 0 Å². The van der Waals surface area contributed by atoms with Crippen molar-refractivity contribution in [1.29, 1.82) is 0 Å². The highest BCUT2D eigenvalue weighted by Gasteiger charge is 2.22. The normalized spacial score (nSPS) is 11.8. The smallest absolute Gasteiger partial charge is 0.268 e. The van der Waals surface area contributed by atoms with E-state index in [0.717, 1.165) is 21.0 Å². The number of halogens is 1. The van der Waals surface area contributed by atoms with Crippen LogP contribution in [0.1, 0.15) is 11.1 Å². The molecule has 0 spiro atoms. The van der Waals surface area contributed by atoms with E-state index in [1.807, 2.05) is 19.9 Å². The fourth-order valence-corrected chi connectivity index (χ4v) is 4.62. The van der Waals surface area contributed by atoms with Crippen molar-refractivity contribution in [2.24, 2.45) is 0 Å². The Morgan fingerprint density at radius 1 is 1.09 bits per heavy atom. The minimum atomic E-state index is -3.64. The molecule has 0 aliphatic carbocycles. The zero-order chi connectivity index (χ0) is 16.8. The molecule has 4 nitrogen and oxygen atoms in total. The summed E-state index contributed by atoms with van der Waals surface area (Å²) in [5.74, 6) is 0.681. The highest BCUT2D eigenvalue weighted by Crippen LogP contribution is 2.37. The van der Waals surface area contributed by atoms with Crippen molar-refractivity contribution in [1.82, 2.24) is 3.97 Å². The molecule has 6 heteroatoms. The number of ether oxygens (including phenoxy) is 1. The van der Waals surface area contributed by atoms with E-state index in [0.29, 0.717) is 11.3 Å². The van der Waals surface area contributed by atoms with Gasteiger partial charge in [0.15, 0.2) is 0 Å². The van der Waals surface area contributed by atoms with Crippen molar-refractivity contribution >= 4 is 36.9 Å². The molecule has 0 saturated carbocycles. The summed E-state index contributed by atoms with van der Waals surface area (Å²) in [4.78, 5) is 0.270. The van der Waals surface area contributed by atoms with Gasteiger partial charge in [0.05, 0.1) is 22.0 Å². The van der Waals surface area contributed by atoms with Gasteiger partial charge < -0.3 is 4.74 Å². The van der Waals surface area contributed by atoms with Crippen LogP contribution in [0.2, 0.25) is 0 Å². The molecule has 0 bridgehead atoms. The summed E-state index contributed by atoms with van der Waals surface area (Å²) >= 11 is 3.49. The summed E-state index contributed by atoms with van der Waals surface area (Å²) in [7, 11) is -2.05. The van der Waals surface area contributed by atoms with Crippen molar-refractivity contribution < 1.29 is 13.2 Å². The van der Waals surface area contributed by atoms with Gasteiger partial charge in [0.25, 0.3) is 10.0 Å². The molecule has 0 saturated heterocycles. The summed E-state index contributed by atoms with van der Waals surface area (Å²) in [5, 5.41) is 0.803. The highest BCUT2D eigenvalue weighted by atomic mass is 79.9. The maximum atomic E-state index is 13.0. The topological polar surface area (TPSA) is 48.3 Å². The molecule has 0 aliphatic heterocycles. The number of methoxy groups -OCH3 is 1. The van der Waals surface area contributed by atoms with Crippen LogP contribution < -0.4 is 4.74 Å². The zero-order valence-corrected chi connectivity index (χ0v) is 15.4. The number of hydrogen-bond donors (Lipinski definition) is 0. The van der Waals surface area contributed by atoms with Gasteiger partial charge in [-0.2, -0.15) is 0 Å². The lowest BCUT2D eigenvalue weighted by Gasteiger charge is -2.12. The quantitative estimate of drug-likeness (QED) is 0.667. The fourth-order valence-electron chi connectivity index (χ4n) is 2.61. The first-order chi connectivity index (χ1) is 10.9. The summed E-state index contributed by atoms with van der Waals surface area (Å²) in [5.41, 5.74) is 2.50. The van der Waals surface area contributed by atoms with Crippen molar-refractivity contribution in [3.05, 3.63) is 58.2 Å². The maximum Gasteiger partial charge on any atom is 0.268 e. The summed E-state index contributed by atoms with van der Waals surface area (Å²) in [6, 6.07) is 10.5. The Balaban J connectivity index is 2.29. The number of nitrogens with zero attached hydrogens (tertiary/aromatic N) is 1. The minimum absolute atomic E-state index is 0.270. The van der Waals surface area contributed by atoms with Crippen LogP contribution in [0.4, 0.5) is 0 Å². The Kier molecular flexibility index (Phi) is 3.98. The van der Waals surface area contributed by atoms with Crippen LogP contribution in [0, 0.1) is 13.8 Å². The Bertz CT molecular complexity index is 989. The van der Waals surface area contributed by atoms with Crippen molar-refractivity contribution in [3.8, 4) is 5.75 Å².